The lowest BCUT2D eigenvalue weighted by Gasteiger charge is -2.16. The summed E-state index contributed by atoms with van der Waals surface area (Å²) in [5.41, 5.74) is 0.964. The van der Waals surface area contributed by atoms with Crippen molar-refractivity contribution in [3.8, 4) is 0 Å². The first-order valence-electron chi connectivity index (χ1n) is 6.59. The van der Waals surface area contributed by atoms with E-state index >= 15 is 0 Å². The molecular formula is C15H20O4S. The van der Waals surface area contributed by atoms with Crippen molar-refractivity contribution in [2.24, 2.45) is 0 Å². The molecule has 1 aliphatic heterocycles. The zero-order chi connectivity index (χ0) is 14.6. The highest BCUT2D eigenvalue weighted by molar-refractivity contribution is 7.99. The Bertz CT molecular complexity index is 473. The average Bonchev–Trinajstić information content (AvgIpc) is 2.76. The van der Waals surface area contributed by atoms with Crippen LogP contribution in [-0.4, -0.2) is 37.3 Å². The molecule has 1 saturated heterocycles. The maximum atomic E-state index is 11.3. The van der Waals surface area contributed by atoms with Crippen LogP contribution in [0.3, 0.4) is 0 Å². The van der Waals surface area contributed by atoms with Crippen molar-refractivity contribution in [2.75, 3.05) is 19.5 Å². The summed E-state index contributed by atoms with van der Waals surface area (Å²) in [6.07, 6.45) is 0.417. The maximum absolute atomic E-state index is 11.3. The molecule has 20 heavy (non-hydrogen) atoms. The van der Waals surface area contributed by atoms with E-state index in [0.717, 1.165) is 16.2 Å². The lowest BCUT2D eigenvalue weighted by atomic mass is 10.1. The van der Waals surface area contributed by atoms with E-state index in [1.165, 1.54) is 7.11 Å². The van der Waals surface area contributed by atoms with Crippen LogP contribution in [0, 0.1) is 0 Å². The van der Waals surface area contributed by atoms with Crippen molar-refractivity contribution >= 4 is 17.7 Å². The van der Waals surface area contributed by atoms with Gasteiger partial charge in [-0.2, -0.15) is 0 Å². The molecule has 0 spiro atoms. The van der Waals surface area contributed by atoms with Gasteiger partial charge in [-0.25, -0.2) is 0 Å². The van der Waals surface area contributed by atoms with Gasteiger partial charge in [0.2, 0.25) is 0 Å². The van der Waals surface area contributed by atoms with E-state index in [1.807, 2.05) is 38.1 Å². The molecule has 1 fully saturated rings. The molecule has 5 heteroatoms. The Hall–Kier alpha value is -1.04. The van der Waals surface area contributed by atoms with Gasteiger partial charge in [0.25, 0.3) is 0 Å². The average molecular weight is 296 g/mol. The molecule has 1 aromatic rings. The third kappa shape index (κ3) is 4.51. The minimum Gasteiger partial charge on any atom is -0.469 e. The number of ether oxygens (including phenoxy) is 3. The van der Waals surface area contributed by atoms with Crippen molar-refractivity contribution in [2.45, 2.75) is 37.1 Å². The highest BCUT2D eigenvalue weighted by Gasteiger charge is 2.32. The first kappa shape index (κ1) is 15.4. The zero-order valence-electron chi connectivity index (χ0n) is 12.0. The van der Waals surface area contributed by atoms with E-state index in [4.69, 9.17) is 9.47 Å². The summed E-state index contributed by atoms with van der Waals surface area (Å²) in [5.74, 6) is 0.143. The summed E-state index contributed by atoms with van der Waals surface area (Å²) in [5, 5.41) is 0. The minimum atomic E-state index is -0.474. The standard InChI is InChI=1S/C15H20O4S/c1-15(2)18-9-12(19-15)10-20-13-6-4-5-11(7-13)8-14(16)17-3/h4-7,12H,8-10H2,1-3H3/t12-/m1/s1. The van der Waals surface area contributed by atoms with Gasteiger partial charge in [-0.3, -0.25) is 4.79 Å². The summed E-state index contributed by atoms with van der Waals surface area (Å²) in [6, 6.07) is 7.94. The fourth-order valence-corrected chi connectivity index (χ4v) is 2.97. The maximum Gasteiger partial charge on any atom is 0.309 e. The SMILES string of the molecule is COC(=O)Cc1cccc(SC[C@H]2COC(C)(C)O2)c1. The van der Waals surface area contributed by atoms with Crippen LogP contribution in [0.1, 0.15) is 19.4 Å². The van der Waals surface area contributed by atoms with Gasteiger partial charge in [0.15, 0.2) is 5.79 Å². The molecule has 0 aliphatic carbocycles. The number of hydrogen-bond donors (Lipinski definition) is 0. The molecule has 0 aromatic heterocycles. The lowest BCUT2D eigenvalue weighted by molar-refractivity contribution is -0.139. The number of carbonyl (C=O) groups excluding carboxylic acids is 1. The minimum absolute atomic E-state index is 0.110. The van der Waals surface area contributed by atoms with Gasteiger partial charge in [-0.1, -0.05) is 12.1 Å². The van der Waals surface area contributed by atoms with Gasteiger partial charge in [-0.15, -0.1) is 11.8 Å². The lowest BCUT2D eigenvalue weighted by Crippen LogP contribution is -2.22. The summed E-state index contributed by atoms with van der Waals surface area (Å²) < 4.78 is 16.0. The van der Waals surface area contributed by atoms with Crippen LogP contribution in [0.4, 0.5) is 0 Å². The van der Waals surface area contributed by atoms with E-state index in [-0.39, 0.29) is 12.1 Å². The Morgan fingerprint density at radius 3 is 2.95 bits per heavy atom. The molecule has 0 bridgehead atoms. The van der Waals surface area contributed by atoms with Gasteiger partial charge in [0, 0.05) is 10.6 Å². The van der Waals surface area contributed by atoms with E-state index in [2.05, 4.69) is 4.74 Å². The van der Waals surface area contributed by atoms with Gasteiger partial charge < -0.3 is 14.2 Å². The fraction of sp³-hybridized carbons (Fsp3) is 0.533. The van der Waals surface area contributed by atoms with E-state index in [0.29, 0.717) is 13.0 Å². The molecule has 0 unspecified atom stereocenters. The van der Waals surface area contributed by atoms with E-state index < -0.39 is 5.79 Å². The number of thioether (sulfide) groups is 1. The molecule has 1 aliphatic rings. The van der Waals surface area contributed by atoms with Crippen LogP contribution in [0.2, 0.25) is 0 Å². The molecule has 0 amide bonds. The van der Waals surface area contributed by atoms with Crippen LogP contribution < -0.4 is 0 Å². The number of benzene rings is 1. The molecule has 0 radical (unpaired) electrons. The smallest absolute Gasteiger partial charge is 0.309 e. The topological polar surface area (TPSA) is 44.8 Å². The number of carbonyl (C=O) groups is 1. The molecule has 110 valence electrons. The second kappa shape index (κ2) is 6.61. The Labute approximate surface area is 123 Å². The summed E-state index contributed by atoms with van der Waals surface area (Å²) in [6.45, 7) is 4.48. The third-order valence-electron chi connectivity index (χ3n) is 2.98. The van der Waals surface area contributed by atoms with Crippen molar-refractivity contribution in [1.29, 1.82) is 0 Å². The normalized spacial score (nSPS) is 20.9. The summed E-state index contributed by atoms with van der Waals surface area (Å²) >= 11 is 1.71. The zero-order valence-corrected chi connectivity index (χ0v) is 12.9. The largest absolute Gasteiger partial charge is 0.469 e. The summed E-state index contributed by atoms with van der Waals surface area (Å²) in [4.78, 5) is 12.4. The Morgan fingerprint density at radius 1 is 1.50 bits per heavy atom. The molecule has 4 nitrogen and oxygen atoms in total. The molecule has 1 heterocycles. The van der Waals surface area contributed by atoms with E-state index in [9.17, 15) is 4.79 Å². The van der Waals surface area contributed by atoms with Crippen molar-refractivity contribution in [3.05, 3.63) is 29.8 Å². The quantitative estimate of drug-likeness (QED) is 0.617. The fourth-order valence-electron chi connectivity index (χ4n) is 2.02. The number of methoxy groups -OCH3 is 1. The predicted octanol–water partition coefficient (Wildman–Crippen LogP) is 2.65. The van der Waals surface area contributed by atoms with Crippen molar-refractivity contribution < 1.29 is 19.0 Å². The first-order chi connectivity index (χ1) is 9.48. The van der Waals surface area contributed by atoms with Gasteiger partial charge in [0.1, 0.15) is 0 Å². The second-order valence-electron chi connectivity index (χ2n) is 5.16. The number of esters is 1. The van der Waals surface area contributed by atoms with Crippen LogP contribution in [0.15, 0.2) is 29.2 Å². The molecular weight excluding hydrogens is 276 g/mol. The molecule has 0 N–H and O–H groups in total. The monoisotopic (exact) mass is 296 g/mol. The van der Waals surface area contributed by atoms with Gasteiger partial charge >= 0.3 is 5.97 Å². The van der Waals surface area contributed by atoms with Crippen LogP contribution in [0.25, 0.3) is 0 Å². The molecule has 1 atom stereocenters. The van der Waals surface area contributed by atoms with Gasteiger partial charge in [0.05, 0.1) is 26.2 Å². The number of hydrogen-bond acceptors (Lipinski definition) is 5. The molecule has 0 saturated carbocycles. The van der Waals surface area contributed by atoms with Crippen LogP contribution in [0.5, 0.6) is 0 Å². The van der Waals surface area contributed by atoms with Crippen molar-refractivity contribution in [1.82, 2.24) is 0 Å². The van der Waals surface area contributed by atoms with Crippen LogP contribution >= 0.6 is 11.8 Å². The highest BCUT2D eigenvalue weighted by atomic mass is 32.2. The first-order valence-corrected chi connectivity index (χ1v) is 7.57. The predicted molar refractivity (Wildman–Crippen MR) is 77.8 cm³/mol. The van der Waals surface area contributed by atoms with Crippen molar-refractivity contribution in [3.63, 3.8) is 0 Å². The van der Waals surface area contributed by atoms with E-state index in [1.54, 1.807) is 11.8 Å². The van der Waals surface area contributed by atoms with Gasteiger partial charge in [-0.05, 0) is 31.5 Å². The third-order valence-corrected chi connectivity index (χ3v) is 4.10. The Balaban J connectivity index is 1.87. The molecule has 2 rings (SSSR count). The molecule has 1 aromatic carbocycles. The Morgan fingerprint density at radius 2 is 2.30 bits per heavy atom. The van der Waals surface area contributed by atoms with Crippen LogP contribution in [-0.2, 0) is 25.4 Å². The number of rotatable bonds is 5. The highest BCUT2D eigenvalue weighted by Crippen LogP contribution is 2.27. The Kier molecular flexibility index (Phi) is 5.07. The summed E-state index contributed by atoms with van der Waals surface area (Å²) in [7, 11) is 1.40. The second-order valence-corrected chi connectivity index (χ2v) is 6.26.